The lowest BCUT2D eigenvalue weighted by molar-refractivity contribution is -0.296. The van der Waals surface area contributed by atoms with Crippen LogP contribution in [0.25, 0.3) is 0 Å². The maximum absolute atomic E-state index is 12.2. The van der Waals surface area contributed by atoms with E-state index in [0.29, 0.717) is 13.0 Å². The Bertz CT molecular complexity index is 936. The number of hydrogen-bond donors (Lipinski definition) is 0. The van der Waals surface area contributed by atoms with E-state index in [9.17, 15) is 9.59 Å². The Morgan fingerprint density at radius 2 is 1.97 bits per heavy atom. The molecule has 0 amide bonds. The summed E-state index contributed by atoms with van der Waals surface area (Å²) in [5, 5.41) is 0. The van der Waals surface area contributed by atoms with Crippen LogP contribution in [0.5, 0.6) is 0 Å². The van der Waals surface area contributed by atoms with E-state index in [0.717, 1.165) is 30.4 Å². The van der Waals surface area contributed by atoms with Crippen LogP contribution in [0.2, 0.25) is 0 Å². The number of carbonyl (C=O) groups is 2. The van der Waals surface area contributed by atoms with Crippen LogP contribution < -0.4 is 0 Å². The molecule has 1 aromatic heterocycles. The molecule has 1 saturated heterocycles. The maximum atomic E-state index is 12.2. The number of esters is 2. The van der Waals surface area contributed by atoms with Gasteiger partial charge in [0, 0.05) is 37.9 Å². The van der Waals surface area contributed by atoms with Crippen LogP contribution in [-0.2, 0) is 33.3 Å². The van der Waals surface area contributed by atoms with Gasteiger partial charge >= 0.3 is 11.9 Å². The normalized spacial score (nSPS) is 40.4. The molecule has 8 heteroatoms. The van der Waals surface area contributed by atoms with Crippen molar-refractivity contribution < 1.29 is 37.7 Å². The van der Waals surface area contributed by atoms with Gasteiger partial charge in [-0.05, 0) is 48.8 Å². The molecule has 32 heavy (non-hydrogen) atoms. The van der Waals surface area contributed by atoms with Gasteiger partial charge in [-0.15, -0.1) is 0 Å². The molecule has 5 rings (SSSR count). The van der Waals surface area contributed by atoms with Gasteiger partial charge in [0.15, 0.2) is 6.10 Å². The Labute approximate surface area is 187 Å². The highest BCUT2D eigenvalue weighted by molar-refractivity contribution is 5.67. The molecular weight excluding hydrogens is 416 g/mol. The number of rotatable bonds is 4. The molecule has 0 aromatic carbocycles. The number of fused-ring (bicyclic) bond motifs is 1. The fourth-order valence-electron chi connectivity index (χ4n) is 6.69. The minimum Gasteiger partial charge on any atom is -0.472 e. The van der Waals surface area contributed by atoms with Gasteiger partial charge in [-0.2, -0.15) is 0 Å². The number of ether oxygens (including phenoxy) is 5. The van der Waals surface area contributed by atoms with Crippen LogP contribution in [0.4, 0.5) is 0 Å². The van der Waals surface area contributed by atoms with E-state index in [4.69, 9.17) is 28.1 Å². The Morgan fingerprint density at radius 3 is 2.62 bits per heavy atom. The topological polar surface area (TPSA) is 93.4 Å². The molecule has 7 atom stereocenters. The monoisotopic (exact) mass is 446 g/mol. The molecule has 0 N–H and O–H groups in total. The van der Waals surface area contributed by atoms with Crippen molar-refractivity contribution in [1.82, 2.24) is 0 Å². The lowest BCUT2D eigenvalue weighted by atomic mass is 9.51. The summed E-state index contributed by atoms with van der Waals surface area (Å²) in [6.45, 7) is 5.26. The zero-order valence-corrected chi connectivity index (χ0v) is 18.9. The second kappa shape index (κ2) is 7.71. The average molecular weight is 446 g/mol. The highest BCUT2D eigenvalue weighted by Crippen LogP contribution is 2.67. The highest BCUT2D eigenvalue weighted by Gasteiger charge is 2.72. The van der Waals surface area contributed by atoms with Gasteiger partial charge in [-0.25, -0.2) is 0 Å². The van der Waals surface area contributed by atoms with Crippen molar-refractivity contribution in [3.63, 3.8) is 0 Å². The van der Waals surface area contributed by atoms with Gasteiger partial charge < -0.3 is 28.1 Å². The Hall–Kier alpha value is -2.16. The summed E-state index contributed by atoms with van der Waals surface area (Å²) in [7, 11) is 1.60. The van der Waals surface area contributed by atoms with Crippen LogP contribution in [-0.4, -0.2) is 43.8 Å². The molecule has 2 fully saturated rings. The first kappa shape index (κ1) is 21.7. The van der Waals surface area contributed by atoms with Crippen molar-refractivity contribution >= 4 is 11.9 Å². The fourth-order valence-corrected chi connectivity index (χ4v) is 6.69. The Balaban J connectivity index is 1.68. The smallest absolute Gasteiger partial charge is 0.304 e. The molecule has 2 aliphatic carbocycles. The summed E-state index contributed by atoms with van der Waals surface area (Å²) < 4.78 is 35.7. The summed E-state index contributed by atoms with van der Waals surface area (Å²) in [5.74, 6) is -2.19. The molecular formula is C24H30O8. The first-order valence-corrected chi connectivity index (χ1v) is 11.3. The third kappa shape index (κ3) is 2.92. The maximum Gasteiger partial charge on any atom is 0.304 e. The van der Waals surface area contributed by atoms with E-state index in [-0.39, 0.29) is 17.9 Å². The van der Waals surface area contributed by atoms with E-state index in [1.807, 2.05) is 13.0 Å². The van der Waals surface area contributed by atoms with Crippen LogP contribution in [0.1, 0.15) is 58.1 Å². The summed E-state index contributed by atoms with van der Waals surface area (Å²) in [6.07, 6.45) is 4.89. The van der Waals surface area contributed by atoms with Crippen LogP contribution in [0.15, 0.2) is 34.2 Å². The molecule has 174 valence electrons. The van der Waals surface area contributed by atoms with E-state index < -0.39 is 35.5 Å². The number of carbonyl (C=O) groups excluding carboxylic acids is 2. The van der Waals surface area contributed by atoms with Gasteiger partial charge in [-0.3, -0.25) is 9.59 Å². The van der Waals surface area contributed by atoms with E-state index in [1.165, 1.54) is 19.4 Å². The lowest BCUT2D eigenvalue weighted by Gasteiger charge is -2.57. The third-order valence-electron chi connectivity index (χ3n) is 7.91. The minimum absolute atomic E-state index is 0.0109. The van der Waals surface area contributed by atoms with Crippen molar-refractivity contribution in [2.24, 2.45) is 17.3 Å². The third-order valence-corrected chi connectivity index (χ3v) is 7.91. The number of hydrogen-bond acceptors (Lipinski definition) is 8. The quantitative estimate of drug-likeness (QED) is 0.511. The molecule has 0 radical (unpaired) electrons. The molecule has 0 bridgehead atoms. The average Bonchev–Trinajstić information content (AvgIpc) is 3.48. The molecule has 8 nitrogen and oxygen atoms in total. The fraction of sp³-hybridized carbons (Fsp3) is 0.667. The first-order valence-electron chi connectivity index (χ1n) is 11.3. The van der Waals surface area contributed by atoms with Gasteiger partial charge in [0.05, 0.1) is 25.2 Å². The van der Waals surface area contributed by atoms with Crippen LogP contribution in [0, 0.1) is 17.3 Å². The van der Waals surface area contributed by atoms with Crippen molar-refractivity contribution in [2.75, 3.05) is 13.7 Å². The SMILES string of the molecule is COC12OCC3=C1C(CCC3)C1(C[C@@H](c3ccoc3)O[C@H]1OC(C)=O)[C@H](C)[C@@H]2OC(C)=O. The zero-order chi connectivity index (χ0) is 22.7. The molecule has 1 saturated carbocycles. The van der Waals surface area contributed by atoms with Gasteiger partial charge in [-0.1, -0.05) is 6.92 Å². The van der Waals surface area contributed by atoms with Crippen molar-refractivity contribution in [1.29, 1.82) is 0 Å². The van der Waals surface area contributed by atoms with Crippen molar-refractivity contribution in [3.8, 4) is 0 Å². The standard InChI is InChI=1S/C24H30O8/c1-13-21(30-14(2)25)24(27-4)20-17(12-29-24)6-5-7-18(20)23(13)10-19(16-8-9-28-11-16)32-22(23)31-15(3)26/h8-9,11,13,18-19,21-22H,5-7,10,12H2,1-4H3/t13-,18?,19+,21+,22-,23?,24?/m1/s1. The largest absolute Gasteiger partial charge is 0.472 e. The second-order valence-corrected chi connectivity index (χ2v) is 9.38. The summed E-state index contributed by atoms with van der Waals surface area (Å²) >= 11 is 0. The van der Waals surface area contributed by atoms with Crippen molar-refractivity contribution in [3.05, 3.63) is 35.3 Å². The Morgan fingerprint density at radius 1 is 1.19 bits per heavy atom. The summed E-state index contributed by atoms with van der Waals surface area (Å²) in [5.41, 5.74) is 2.53. The van der Waals surface area contributed by atoms with E-state index in [2.05, 4.69) is 0 Å². The van der Waals surface area contributed by atoms with E-state index in [1.54, 1.807) is 19.6 Å². The number of furan rings is 1. The second-order valence-electron chi connectivity index (χ2n) is 9.38. The highest BCUT2D eigenvalue weighted by atomic mass is 16.7. The van der Waals surface area contributed by atoms with Crippen LogP contribution >= 0.6 is 0 Å². The first-order chi connectivity index (χ1) is 15.3. The molecule has 1 aromatic rings. The van der Waals surface area contributed by atoms with Gasteiger partial charge in [0.25, 0.3) is 0 Å². The number of methoxy groups -OCH3 is 1. The summed E-state index contributed by atoms with van der Waals surface area (Å²) in [4.78, 5) is 24.3. The van der Waals surface area contributed by atoms with Crippen LogP contribution in [0.3, 0.4) is 0 Å². The molecule has 3 heterocycles. The molecule has 2 aliphatic heterocycles. The molecule has 3 unspecified atom stereocenters. The lowest BCUT2D eigenvalue weighted by Crippen LogP contribution is -2.65. The van der Waals surface area contributed by atoms with Crippen molar-refractivity contribution in [2.45, 2.75) is 70.7 Å². The molecule has 4 aliphatic rings. The minimum atomic E-state index is -1.12. The Kier molecular flexibility index (Phi) is 5.22. The zero-order valence-electron chi connectivity index (χ0n) is 18.9. The van der Waals surface area contributed by atoms with Gasteiger partial charge in [0.1, 0.15) is 0 Å². The molecule has 1 spiro atoms. The predicted molar refractivity (Wildman–Crippen MR) is 110 cm³/mol. The predicted octanol–water partition coefficient (Wildman–Crippen LogP) is 3.67. The van der Waals surface area contributed by atoms with E-state index >= 15 is 0 Å². The van der Waals surface area contributed by atoms with Gasteiger partial charge in [0.2, 0.25) is 12.1 Å². The summed E-state index contributed by atoms with van der Waals surface area (Å²) in [6, 6.07) is 1.87.